The van der Waals surface area contributed by atoms with E-state index in [-0.39, 0.29) is 0 Å². The summed E-state index contributed by atoms with van der Waals surface area (Å²) in [5.41, 5.74) is 0. The highest BCUT2D eigenvalue weighted by molar-refractivity contribution is 8.68. The van der Waals surface area contributed by atoms with E-state index in [0.29, 0.717) is 0 Å². The van der Waals surface area contributed by atoms with E-state index in [1.165, 1.54) is 38.2 Å². The first-order valence-corrected chi connectivity index (χ1v) is 5.46. The molecule has 1 aliphatic rings. The fourth-order valence-electron chi connectivity index (χ4n) is 1.18. The van der Waals surface area contributed by atoms with Gasteiger partial charge in [0.15, 0.2) is 0 Å². The lowest BCUT2D eigenvalue weighted by molar-refractivity contribution is 0.362. The molecular weight excluding hydrogens is 150 g/mol. The molecule has 0 aromatic rings. The van der Waals surface area contributed by atoms with E-state index in [1.807, 2.05) is 0 Å². The van der Waals surface area contributed by atoms with Crippen molar-refractivity contribution in [2.24, 2.45) is 0 Å². The maximum Gasteiger partial charge on any atom is 0.0162 e. The molecule has 0 aromatic carbocycles. The predicted octanol–water partition coefficient (Wildman–Crippen LogP) is 1.66. The average molecular weight is 163 g/mol. The van der Waals surface area contributed by atoms with Gasteiger partial charge >= 0.3 is 0 Å². The maximum atomic E-state index is 4.08. The molecule has 0 N–H and O–H groups in total. The van der Waals surface area contributed by atoms with Crippen LogP contribution in [0.2, 0.25) is 0 Å². The first kappa shape index (κ1) is 7.76. The number of hydrogen-bond donors (Lipinski definition) is 1. The van der Waals surface area contributed by atoms with Gasteiger partial charge in [-0.2, -0.15) is 0 Å². The molecule has 1 fully saturated rings. The van der Waals surface area contributed by atoms with Crippen molar-refractivity contribution in [2.45, 2.75) is 12.8 Å². The van der Waals surface area contributed by atoms with Gasteiger partial charge in [-0.3, -0.25) is 0 Å². The number of nitrogens with zero attached hydrogens (tertiary/aromatic N) is 1. The first-order valence-electron chi connectivity index (χ1n) is 3.42. The zero-order valence-electron chi connectivity index (χ0n) is 5.55. The molecule has 0 saturated carbocycles. The Labute approximate surface area is 66.0 Å². The van der Waals surface area contributed by atoms with Gasteiger partial charge in [-0.1, -0.05) is 10.8 Å². The Morgan fingerprint density at radius 3 is 2.56 bits per heavy atom. The molecule has 1 nitrogen and oxygen atoms in total. The molecule has 0 atom stereocenters. The molecule has 9 heavy (non-hydrogen) atoms. The zero-order valence-corrected chi connectivity index (χ0v) is 7.26. The molecule has 0 aliphatic carbocycles. The third kappa shape index (κ3) is 2.83. The molecule has 0 amide bonds. The summed E-state index contributed by atoms with van der Waals surface area (Å²) in [4.78, 5) is 2.50. The fourth-order valence-corrected chi connectivity index (χ4v) is 1.76. The summed E-state index contributed by atoms with van der Waals surface area (Å²) >= 11 is 4.08. The lowest BCUT2D eigenvalue weighted by atomic mass is 10.4. The second kappa shape index (κ2) is 4.47. The number of likely N-dealkylation sites (tertiary alicyclic amines) is 1. The monoisotopic (exact) mass is 163 g/mol. The highest BCUT2D eigenvalue weighted by Crippen LogP contribution is 2.10. The van der Waals surface area contributed by atoms with Crippen molar-refractivity contribution in [3.63, 3.8) is 0 Å². The Kier molecular flexibility index (Phi) is 3.86. The minimum absolute atomic E-state index is 1.17. The number of rotatable bonds is 3. The van der Waals surface area contributed by atoms with Gasteiger partial charge in [0, 0.05) is 12.3 Å². The normalized spacial score (nSPS) is 21.0. The van der Waals surface area contributed by atoms with Crippen molar-refractivity contribution in [3.8, 4) is 0 Å². The van der Waals surface area contributed by atoms with E-state index in [4.69, 9.17) is 0 Å². The van der Waals surface area contributed by atoms with Crippen LogP contribution >= 0.6 is 22.5 Å². The third-order valence-corrected chi connectivity index (χ3v) is 2.61. The number of thiol groups is 1. The maximum absolute atomic E-state index is 4.08. The molecule has 0 spiro atoms. The Hall–Kier alpha value is 0.660. The van der Waals surface area contributed by atoms with Crippen LogP contribution in [0.15, 0.2) is 0 Å². The number of hydrogen-bond acceptors (Lipinski definition) is 3. The van der Waals surface area contributed by atoms with Crippen LogP contribution in [0.3, 0.4) is 0 Å². The van der Waals surface area contributed by atoms with E-state index in [0.717, 1.165) is 0 Å². The van der Waals surface area contributed by atoms with Gasteiger partial charge in [0.2, 0.25) is 0 Å². The third-order valence-electron chi connectivity index (χ3n) is 1.70. The molecule has 0 unspecified atom stereocenters. The summed E-state index contributed by atoms with van der Waals surface area (Å²) in [6.45, 7) is 3.86. The van der Waals surface area contributed by atoms with Crippen molar-refractivity contribution >= 4 is 22.5 Å². The van der Waals surface area contributed by atoms with E-state index in [2.05, 4.69) is 16.6 Å². The van der Waals surface area contributed by atoms with Crippen LogP contribution in [-0.4, -0.2) is 30.3 Å². The molecule has 54 valence electrons. The Bertz CT molecular complexity index is 71.5. The molecule has 0 bridgehead atoms. The van der Waals surface area contributed by atoms with Gasteiger partial charge in [0.1, 0.15) is 0 Å². The Morgan fingerprint density at radius 1 is 1.33 bits per heavy atom. The van der Waals surface area contributed by atoms with Gasteiger partial charge in [-0.05, 0) is 25.9 Å². The summed E-state index contributed by atoms with van der Waals surface area (Å²) in [5.74, 6) is 1.17. The van der Waals surface area contributed by atoms with Crippen molar-refractivity contribution < 1.29 is 0 Å². The van der Waals surface area contributed by atoms with Crippen LogP contribution < -0.4 is 0 Å². The van der Waals surface area contributed by atoms with E-state index in [9.17, 15) is 0 Å². The van der Waals surface area contributed by atoms with E-state index in [1.54, 1.807) is 10.8 Å². The van der Waals surface area contributed by atoms with Crippen LogP contribution in [0.1, 0.15) is 12.8 Å². The minimum Gasteiger partial charge on any atom is -0.302 e. The molecule has 0 aromatic heterocycles. The topological polar surface area (TPSA) is 3.24 Å². The van der Waals surface area contributed by atoms with Crippen molar-refractivity contribution in [3.05, 3.63) is 0 Å². The summed E-state index contributed by atoms with van der Waals surface area (Å²) in [6.07, 6.45) is 2.80. The van der Waals surface area contributed by atoms with Crippen LogP contribution in [0.4, 0.5) is 0 Å². The highest BCUT2D eigenvalue weighted by Gasteiger charge is 2.09. The summed E-state index contributed by atoms with van der Waals surface area (Å²) in [7, 11) is 1.64. The molecule has 0 radical (unpaired) electrons. The van der Waals surface area contributed by atoms with E-state index < -0.39 is 0 Å². The predicted molar refractivity (Wildman–Crippen MR) is 47.1 cm³/mol. The largest absolute Gasteiger partial charge is 0.302 e. The molecule has 1 saturated heterocycles. The lowest BCUT2D eigenvalue weighted by Crippen LogP contribution is -2.21. The quantitative estimate of drug-likeness (QED) is 0.498. The zero-order chi connectivity index (χ0) is 6.53. The standard InChI is InChI=1S/C6H13NS2/c8-9-6-5-7-3-1-2-4-7/h8H,1-6H2. The van der Waals surface area contributed by atoms with Gasteiger partial charge < -0.3 is 4.90 Å². The Balaban J connectivity index is 1.98. The molecule has 3 heteroatoms. The summed E-state index contributed by atoms with van der Waals surface area (Å²) in [6, 6.07) is 0. The van der Waals surface area contributed by atoms with Gasteiger partial charge in [-0.15, -0.1) is 11.7 Å². The van der Waals surface area contributed by atoms with Crippen LogP contribution in [0.25, 0.3) is 0 Å². The smallest absolute Gasteiger partial charge is 0.0162 e. The summed E-state index contributed by atoms with van der Waals surface area (Å²) < 4.78 is 0. The molecule has 1 rings (SSSR count). The van der Waals surface area contributed by atoms with Crippen molar-refractivity contribution in [2.75, 3.05) is 25.4 Å². The Morgan fingerprint density at radius 2 is 2.00 bits per heavy atom. The van der Waals surface area contributed by atoms with Crippen molar-refractivity contribution in [1.82, 2.24) is 4.90 Å². The van der Waals surface area contributed by atoms with Crippen LogP contribution in [0, 0.1) is 0 Å². The van der Waals surface area contributed by atoms with Crippen LogP contribution in [-0.2, 0) is 0 Å². The SMILES string of the molecule is SSCCN1CCCC1. The molecule has 1 aliphatic heterocycles. The second-order valence-corrected chi connectivity index (χ2v) is 3.82. The van der Waals surface area contributed by atoms with Crippen molar-refractivity contribution in [1.29, 1.82) is 0 Å². The summed E-state index contributed by atoms with van der Waals surface area (Å²) in [5, 5.41) is 0. The first-order chi connectivity index (χ1) is 4.43. The second-order valence-electron chi connectivity index (χ2n) is 2.38. The average Bonchev–Trinajstić information content (AvgIpc) is 2.34. The molecule has 1 heterocycles. The molecular formula is C6H13NS2. The van der Waals surface area contributed by atoms with Crippen LogP contribution in [0.5, 0.6) is 0 Å². The minimum atomic E-state index is 1.17. The van der Waals surface area contributed by atoms with Gasteiger partial charge in [-0.25, -0.2) is 0 Å². The highest BCUT2D eigenvalue weighted by atomic mass is 33.1. The lowest BCUT2D eigenvalue weighted by Gasteiger charge is -2.11. The van der Waals surface area contributed by atoms with Gasteiger partial charge in [0.05, 0.1) is 0 Å². The van der Waals surface area contributed by atoms with E-state index >= 15 is 0 Å². The van der Waals surface area contributed by atoms with Gasteiger partial charge in [0.25, 0.3) is 0 Å². The fraction of sp³-hybridized carbons (Fsp3) is 1.00.